The lowest BCUT2D eigenvalue weighted by atomic mass is 9.93. The van der Waals surface area contributed by atoms with Crippen molar-refractivity contribution in [3.8, 4) is 0 Å². The fourth-order valence-electron chi connectivity index (χ4n) is 1.55. The predicted octanol–water partition coefficient (Wildman–Crippen LogP) is 1.55. The third kappa shape index (κ3) is 3.32. The van der Waals surface area contributed by atoms with Crippen molar-refractivity contribution in [3.63, 3.8) is 0 Å². The van der Waals surface area contributed by atoms with Crippen LogP contribution in [-0.2, 0) is 4.74 Å². The summed E-state index contributed by atoms with van der Waals surface area (Å²) in [5.41, 5.74) is 1.97. The minimum absolute atomic E-state index is 0.183. The van der Waals surface area contributed by atoms with Crippen molar-refractivity contribution in [3.05, 3.63) is 15.4 Å². The van der Waals surface area contributed by atoms with Gasteiger partial charge in [0.05, 0.1) is 22.0 Å². The molecule has 0 spiro atoms. The molecule has 0 atom stereocenters. The van der Waals surface area contributed by atoms with Crippen LogP contribution in [0.5, 0.6) is 0 Å². The Morgan fingerprint density at radius 2 is 2.33 bits per heavy atom. The Morgan fingerprint density at radius 3 is 3.06 bits per heavy atom. The number of amides is 1. The zero-order chi connectivity index (χ0) is 13.2. The van der Waals surface area contributed by atoms with E-state index in [4.69, 9.17) is 4.74 Å². The van der Waals surface area contributed by atoms with Crippen LogP contribution in [0, 0.1) is 5.41 Å². The normalized spacial score (nSPS) is 14.5. The number of ether oxygens (including phenoxy) is 1. The fraction of sp³-hybridized carbons (Fsp3) is 0.538. The van der Waals surface area contributed by atoms with Gasteiger partial charge in [-0.15, -0.1) is 11.3 Å². The monoisotopic (exact) mass is 266 g/mol. The van der Waals surface area contributed by atoms with Crippen molar-refractivity contribution in [1.29, 1.82) is 0 Å². The number of nitrogens with zero attached hydrogens (tertiary/aromatic N) is 2. The van der Waals surface area contributed by atoms with Crippen LogP contribution in [0.3, 0.4) is 0 Å². The van der Waals surface area contributed by atoms with Crippen molar-refractivity contribution >= 4 is 29.7 Å². The van der Waals surface area contributed by atoms with Gasteiger partial charge in [-0.3, -0.25) is 4.90 Å². The highest BCUT2D eigenvalue weighted by molar-refractivity contribution is 7.07. The fourth-order valence-corrected chi connectivity index (χ4v) is 2.27. The first-order valence-electron chi connectivity index (χ1n) is 6.01. The highest BCUT2D eigenvalue weighted by Crippen LogP contribution is 2.18. The number of fused-ring (bicyclic) bond motifs is 1. The van der Waals surface area contributed by atoms with Crippen molar-refractivity contribution < 1.29 is 9.53 Å². The van der Waals surface area contributed by atoms with Gasteiger partial charge in [-0.25, -0.2) is 9.78 Å². The standard InChI is InChI=1S/C13H18N2O2S/c1-13(2,3)5-7-17-12(16)15-6-4-10-11(8-15)18-9-14-10/h4,8-9H,5-7H2,1-3H3. The molecule has 2 rings (SSSR count). The molecule has 1 amide bonds. The van der Waals surface area contributed by atoms with Crippen LogP contribution in [0.1, 0.15) is 27.2 Å². The molecule has 2 heterocycles. The Balaban J connectivity index is 1.92. The molecule has 0 N–H and O–H groups in total. The van der Waals surface area contributed by atoms with Crippen LogP contribution in [-0.4, -0.2) is 29.1 Å². The molecule has 0 saturated heterocycles. The predicted molar refractivity (Wildman–Crippen MR) is 72.4 cm³/mol. The summed E-state index contributed by atoms with van der Waals surface area (Å²) in [6, 6.07) is 0. The molecule has 98 valence electrons. The SMILES string of the molecule is CC(C)(C)CCOC(=O)N1C=c2scnc2=CC1. The van der Waals surface area contributed by atoms with Gasteiger partial charge in [0.1, 0.15) is 0 Å². The summed E-state index contributed by atoms with van der Waals surface area (Å²) in [7, 11) is 0. The summed E-state index contributed by atoms with van der Waals surface area (Å²) in [6.07, 6.45) is 4.33. The minimum atomic E-state index is -0.283. The van der Waals surface area contributed by atoms with Gasteiger partial charge in [0, 0.05) is 12.7 Å². The lowest BCUT2D eigenvalue weighted by Gasteiger charge is -2.21. The molecule has 1 aromatic heterocycles. The molecule has 0 radical (unpaired) electrons. The summed E-state index contributed by atoms with van der Waals surface area (Å²) in [4.78, 5) is 17.6. The Bertz CT molecular complexity index is 542. The third-order valence-corrected chi connectivity index (χ3v) is 3.47. The first-order valence-corrected chi connectivity index (χ1v) is 6.89. The Hall–Kier alpha value is -1.36. The molecule has 0 saturated carbocycles. The molecule has 1 aromatic rings. The number of rotatable bonds is 2. The maximum absolute atomic E-state index is 11.9. The number of aromatic nitrogens is 1. The second-order valence-electron chi connectivity index (χ2n) is 5.51. The largest absolute Gasteiger partial charge is 0.449 e. The van der Waals surface area contributed by atoms with Gasteiger partial charge < -0.3 is 4.74 Å². The van der Waals surface area contributed by atoms with E-state index in [9.17, 15) is 4.79 Å². The lowest BCUT2D eigenvalue weighted by molar-refractivity contribution is 0.112. The van der Waals surface area contributed by atoms with E-state index in [1.165, 1.54) is 11.3 Å². The molecule has 1 aliphatic heterocycles. The maximum Gasteiger partial charge on any atom is 0.414 e. The van der Waals surface area contributed by atoms with Crippen molar-refractivity contribution in [2.24, 2.45) is 5.41 Å². The zero-order valence-electron chi connectivity index (χ0n) is 11.0. The van der Waals surface area contributed by atoms with Gasteiger partial charge in [0.25, 0.3) is 0 Å². The van der Waals surface area contributed by atoms with Crippen LogP contribution in [0.15, 0.2) is 5.51 Å². The van der Waals surface area contributed by atoms with Gasteiger partial charge in [-0.2, -0.15) is 0 Å². The van der Waals surface area contributed by atoms with E-state index in [1.807, 2.05) is 12.3 Å². The van der Waals surface area contributed by atoms with Crippen LogP contribution in [0.25, 0.3) is 12.3 Å². The van der Waals surface area contributed by atoms with Crippen molar-refractivity contribution in [2.75, 3.05) is 13.2 Å². The number of hydrogen-bond acceptors (Lipinski definition) is 4. The molecular weight excluding hydrogens is 248 g/mol. The molecule has 1 aliphatic rings. The second kappa shape index (κ2) is 5.10. The summed E-state index contributed by atoms with van der Waals surface area (Å²) >= 11 is 1.53. The highest BCUT2D eigenvalue weighted by atomic mass is 32.1. The first-order chi connectivity index (χ1) is 8.46. The van der Waals surface area contributed by atoms with Crippen molar-refractivity contribution in [2.45, 2.75) is 27.2 Å². The molecule has 0 aromatic carbocycles. The molecule has 5 heteroatoms. The molecule has 18 heavy (non-hydrogen) atoms. The Morgan fingerprint density at radius 1 is 1.56 bits per heavy atom. The zero-order valence-corrected chi connectivity index (χ0v) is 11.8. The van der Waals surface area contributed by atoms with Gasteiger partial charge >= 0.3 is 6.09 Å². The topological polar surface area (TPSA) is 42.4 Å². The van der Waals surface area contributed by atoms with Gasteiger partial charge in [0.15, 0.2) is 0 Å². The number of carbonyl (C=O) groups is 1. The Kier molecular flexibility index (Phi) is 3.71. The van der Waals surface area contributed by atoms with E-state index in [-0.39, 0.29) is 11.5 Å². The number of carbonyl (C=O) groups excluding carboxylic acids is 1. The minimum Gasteiger partial charge on any atom is -0.449 e. The summed E-state index contributed by atoms with van der Waals surface area (Å²) in [5.74, 6) is 0. The van der Waals surface area contributed by atoms with Crippen LogP contribution < -0.4 is 9.88 Å². The lowest BCUT2D eigenvalue weighted by Crippen LogP contribution is -2.37. The maximum atomic E-state index is 11.9. The van der Waals surface area contributed by atoms with Crippen LogP contribution in [0.2, 0.25) is 0 Å². The second-order valence-corrected chi connectivity index (χ2v) is 6.40. The molecule has 0 unspecified atom stereocenters. The highest BCUT2D eigenvalue weighted by Gasteiger charge is 2.16. The molecular formula is C13H18N2O2S. The first kappa shape index (κ1) is 13.1. The molecule has 0 fully saturated rings. The molecule has 0 bridgehead atoms. The van der Waals surface area contributed by atoms with E-state index in [0.29, 0.717) is 13.2 Å². The van der Waals surface area contributed by atoms with E-state index in [1.54, 1.807) is 10.4 Å². The van der Waals surface area contributed by atoms with Crippen molar-refractivity contribution in [1.82, 2.24) is 9.88 Å². The quantitative estimate of drug-likeness (QED) is 0.815. The number of thiazole rings is 1. The van der Waals surface area contributed by atoms with E-state index < -0.39 is 0 Å². The summed E-state index contributed by atoms with van der Waals surface area (Å²) < 4.78 is 6.28. The average molecular weight is 266 g/mol. The number of hydrogen-bond donors (Lipinski definition) is 0. The third-order valence-electron chi connectivity index (χ3n) is 2.69. The average Bonchev–Trinajstić information content (AvgIpc) is 2.73. The summed E-state index contributed by atoms with van der Waals surface area (Å²) in [5, 5.41) is 0.957. The Labute approximate surface area is 111 Å². The van der Waals surface area contributed by atoms with Gasteiger partial charge in [-0.1, -0.05) is 20.8 Å². The van der Waals surface area contributed by atoms with Crippen LogP contribution >= 0.6 is 11.3 Å². The summed E-state index contributed by atoms with van der Waals surface area (Å²) in [6.45, 7) is 7.38. The van der Waals surface area contributed by atoms with Gasteiger partial charge in [-0.05, 0) is 17.9 Å². The van der Waals surface area contributed by atoms with Crippen LogP contribution in [0.4, 0.5) is 4.79 Å². The smallest absolute Gasteiger partial charge is 0.414 e. The van der Waals surface area contributed by atoms with E-state index in [0.717, 1.165) is 16.3 Å². The molecule has 0 aliphatic carbocycles. The van der Waals surface area contributed by atoms with Gasteiger partial charge in [0.2, 0.25) is 0 Å². The van der Waals surface area contributed by atoms with E-state index >= 15 is 0 Å². The molecule has 4 nitrogen and oxygen atoms in total. The van der Waals surface area contributed by atoms with E-state index in [2.05, 4.69) is 25.8 Å².